The Morgan fingerprint density at radius 2 is 1.25 bits per heavy atom. The number of methoxy groups -OCH3 is 2. The van der Waals surface area contributed by atoms with Gasteiger partial charge in [-0.15, -0.1) is 0 Å². The fourth-order valence-electron chi connectivity index (χ4n) is 7.13. The Labute approximate surface area is 321 Å². The number of benzene rings is 2. The number of esters is 6. The number of hydrogen-bond donors (Lipinski definition) is 0. The molecule has 0 amide bonds. The lowest BCUT2D eigenvalue weighted by Crippen LogP contribution is -2.63. The summed E-state index contributed by atoms with van der Waals surface area (Å²) >= 11 is 0. The zero-order valence-corrected chi connectivity index (χ0v) is 32.1. The quantitative estimate of drug-likeness (QED) is 0.162. The Morgan fingerprint density at radius 1 is 0.661 bits per heavy atom. The predicted molar refractivity (Wildman–Crippen MR) is 185 cm³/mol. The van der Waals surface area contributed by atoms with E-state index in [0.29, 0.717) is 11.1 Å². The zero-order chi connectivity index (χ0) is 40.9. The zero-order valence-electron chi connectivity index (χ0n) is 32.1. The van der Waals surface area contributed by atoms with Gasteiger partial charge < -0.3 is 56.8 Å². The van der Waals surface area contributed by atoms with Crippen LogP contribution in [0.15, 0.2) is 36.4 Å². The van der Waals surface area contributed by atoms with Crippen molar-refractivity contribution in [2.75, 3.05) is 34.0 Å². The molecule has 304 valence electrons. The third kappa shape index (κ3) is 9.14. The maximum Gasteiger partial charge on any atom is 0.308 e. The van der Waals surface area contributed by atoms with Gasteiger partial charge in [-0.2, -0.15) is 0 Å². The average Bonchev–Trinajstić information content (AvgIpc) is 3.65. The summed E-state index contributed by atoms with van der Waals surface area (Å²) in [4.78, 5) is 72.6. The molecule has 3 aliphatic heterocycles. The first-order chi connectivity index (χ1) is 26.6. The molecule has 5 rings (SSSR count). The molecule has 0 bridgehead atoms. The van der Waals surface area contributed by atoms with Gasteiger partial charge in [0.15, 0.2) is 40.8 Å². The number of carbonyl (C=O) groups is 6. The van der Waals surface area contributed by atoms with E-state index >= 15 is 0 Å². The molecular formula is C38H44O18. The van der Waals surface area contributed by atoms with Crippen LogP contribution in [0, 0.1) is 5.92 Å². The lowest BCUT2D eigenvalue weighted by atomic mass is 9.80. The van der Waals surface area contributed by atoms with Gasteiger partial charge in [-0.1, -0.05) is 12.1 Å². The largest absolute Gasteiger partial charge is 0.493 e. The van der Waals surface area contributed by atoms with Crippen LogP contribution in [-0.4, -0.2) is 106 Å². The van der Waals surface area contributed by atoms with Crippen LogP contribution in [0.3, 0.4) is 0 Å². The van der Waals surface area contributed by atoms with E-state index in [2.05, 4.69) is 0 Å². The number of hydrogen-bond acceptors (Lipinski definition) is 18. The van der Waals surface area contributed by atoms with Crippen LogP contribution in [0.5, 0.6) is 23.0 Å². The van der Waals surface area contributed by atoms with E-state index < -0.39 is 96.9 Å². The lowest BCUT2D eigenvalue weighted by Gasteiger charge is -2.44. The van der Waals surface area contributed by atoms with Crippen molar-refractivity contribution >= 4 is 35.8 Å². The average molecular weight is 789 g/mol. The minimum Gasteiger partial charge on any atom is -0.493 e. The van der Waals surface area contributed by atoms with Gasteiger partial charge in [0.2, 0.25) is 12.4 Å². The molecule has 9 atom stereocenters. The number of carbonyl (C=O) groups excluding carboxylic acids is 6. The van der Waals surface area contributed by atoms with Crippen LogP contribution in [-0.2, 0) is 66.7 Å². The second-order valence-corrected chi connectivity index (χ2v) is 13.2. The van der Waals surface area contributed by atoms with E-state index in [0.717, 1.165) is 20.8 Å². The monoisotopic (exact) mass is 788 g/mol. The van der Waals surface area contributed by atoms with Crippen molar-refractivity contribution < 1.29 is 85.6 Å². The predicted octanol–water partition coefficient (Wildman–Crippen LogP) is 2.85. The molecule has 3 heterocycles. The van der Waals surface area contributed by atoms with E-state index in [1.54, 1.807) is 36.4 Å². The van der Waals surface area contributed by atoms with Crippen LogP contribution in [0.1, 0.15) is 64.9 Å². The molecule has 2 aromatic rings. The molecule has 0 spiro atoms. The first kappa shape index (κ1) is 41.7. The van der Waals surface area contributed by atoms with Crippen LogP contribution in [0.4, 0.5) is 0 Å². The fraction of sp³-hybridized carbons (Fsp3) is 0.526. The summed E-state index contributed by atoms with van der Waals surface area (Å²) in [6.07, 6.45) is -8.49. The van der Waals surface area contributed by atoms with Crippen molar-refractivity contribution in [2.24, 2.45) is 5.92 Å². The molecule has 3 saturated heterocycles. The van der Waals surface area contributed by atoms with Crippen molar-refractivity contribution in [3.63, 3.8) is 0 Å². The van der Waals surface area contributed by atoms with Gasteiger partial charge in [-0.05, 0) is 35.4 Å². The maximum atomic E-state index is 12.6. The number of ether oxygens (including phenoxy) is 12. The van der Waals surface area contributed by atoms with Crippen molar-refractivity contribution in [3.05, 3.63) is 47.5 Å². The van der Waals surface area contributed by atoms with Crippen molar-refractivity contribution in [3.8, 4) is 23.0 Å². The van der Waals surface area contributed by atoms with Gasteiger partial charge in [0.1, 0.15) is 18.8 Å². The topological polar surface area (TPSA) is 213 Å². The maximum absolute atomic E-state index is 12.6. The summed E-state index contributed by atoms with van der Waals surface area (Å²) < 4.78 is 69.0. The van der Waals surface area contributed by atoms with E-state index in [4.69, 9.17) is 56.8 Å². The third-order valence-electron chi connectivity index (χ3n) is 9.15. The smallest absolute Gasteiger partial charge is 0.308 e. The van der Waals surface area contributed by atoms with E-state index in [9.17, 15) is 28.8 Å². The SMILES string of the molecule is COc1cc([C@H]2OC[C@@H]3[C@@H](c4ccc(O[C@@H]5O[C@H](COC(C)=O)[C@@H](OC(C)=O)[C@H](OC(C)=O)[C@H]5OC(C)=O)c(OC)c4)OC[C@]23OC(C)=O)ccc1OC(C)=O. The number of fused-ring (bicyclic) bond motifs is 1. The molecule has 0 N–H and O–H groups in total. The molecule has 2 aromatic carbocycles. The molecule has 0 saturated carbocycles. The first-order valence-corrected chi connectivity index (χ1v) is 17.5. The Morgan fingerprint density at radius 3 is 1.86 bits per heavy atom. The fourth-order valence-corrected chi connectivity index (χ4v) is 7.13. The van der Waals surface area contributed by atoms with Gasteiger partial charge in [-0.25, -0.2) is 0 Å². The van der Waals surface area contributed by atoms with Crippen LogP contribution >= 0.6 is 0 Å². The van der Waals surface area contributed by atoms with Crippen molar-refractivity contribution in [1.82, 2.24) is 0 Å². The summed E-state index contributed by atoms with van der Waals surface area (Å²) in [6.45, 7) is 6.73. The van der Waals surface area contributed by atoms with Gasteiger partial charge in [0, 0.05) is 41.5 Å². The minimum absolute atomic E-state index is 0.0358. The van der Waals surface area contributed by atoms with E-state index in [1.165, 1.54) is 35.0 Å². The summed E-state index contributed by atoms with van der Waals surface area (Å²) in [7, 11) is 2.82. The molecule has 18 heteroatoms. The highest BCUT2D eigenvalue weighted by Gasteiger charge is 2.63. The standard InChI is InChI=1S/C38H44O18/c1-18(39)47-16-31-33(51-20(3)41)34(52-21(4)42)35(53-22(5)43)37(55-31)54-28-11-9-24(13-29(28)45-7)32-26-15-48-36(38(26,17-49-32)56-23(6)44)25-10-12-27(50-19(2)40)30(14-25)46-8/h9-14,26,31-37H,15-17H2,1-8H3/t26-,31-,32-,33-,34+,35-,36-,37-,38-/m1/s1. The summed E-state index contributed by atoms with van der Waals surface area (Å²) in [5.74, 6) is -3.88. The number of rotatable bonds is 13. The van der Waals surface area contributed by atoms with E-state index in [1.807, 2.05) is 0 Å². The molecule has 0 aromatic heterocycles. The molecule has 3 aliphatic rings. The molecule has 3 fully saturated rings. The third-order valence-corrected chi connectivity index (χ3v) is 9.15. The Kier molecular flexibility index (Phi) is 13.1. The van der Waals surface area contributed by atoms with Gasteiger partial charge in [0.05, 0.1) is 39.5 Å². The molecule has 0 unspecified atom stereocenters. The summed E-state index contributed by atoms with van der Waals surface area (Å²) in [6, 6.07) is 9.77. The molecule has 56 heavy (non-hydrogen) atoms. The summed E-state index contributed by atoms with van der Waals surface area (Å²) in [5, 5.41) is 0. The highest BCUT2D eigenvalue weighted by Crippen LogP contribution is 2.56. The van der Waals surface area contributed by atoms with Crippen molar-refractivity contribution in [1.29, 1.82) is 0 Å². The highest BCUT2D eigenvalue weighted by atomic mass is 16.7. The Balaban J connectivity index is 1.46. The molecule has 0 aliphatic carbocycles. The van der Waals surface area contributed by atoms with Crippen molar-refractivity contribution in [2.45, 2.75) is 90.1 Å². The highest BCUT2D eigenvalue weighted by molar-refractivity contribution is 5.71. The Bertz CT molecular complexity index is 1830. The second-order valence-electron chi connectivity index (χ2n) is 13.2. The van der Waals surface area contributed by atoms with Gasteiger partial charge >= 0.3 is 35.8 Å². The first-order valence-electron chi connectivity index (χ1n) is 17.5. The molecular weight excluding hydrogens is 744 g/mol. The van der Waals surface area contributed by atoms with Crippen LogP contribution in [0.2, 0.25) is 0 Å². The second kappa shape index (κ2) is 17.6. The van der Waals surface area contributed by atoms with Crippen LogP contribution < -0.4 is 18.9 Å². The normalized spacial score (nSPS) is 27.9. The Hall–Kier alpha value is -5.46. The molecule has 18 nitrogen and oxygen atoms in total. The lowest BCUT2D eigenvalue weighted by molar-refractivity contribution is -0.288. The van der Waals surface area contributed by atoms with E-state index in [-0.39, 0.29) is 36.2 Å². The van der Waals surface area contributed by atoms with Gasteiger partial charge in [-0.3, -0.25) is 28.8 Å². The summed E-state index contributed by atoms with van der Waals surface area (Å²) in [5.41, 5.74) is -0.0694. The van der Waals surface area contributed by atoms with Crippen LogP contribution in [0.25, 0.3) is 0 Å². The van der Waals surface area contributed by atoms with Gasteiger partial charge in [0.25, 0.3) is 0 Å². The minimum atomic E-state index is -1.51. The molecule has 0 radical (unpaired) electrons.